The summed E-state index contributed by atoms with van der Waals surface area (Å²) in [6.45, 7) is 1.76. The molecule has 28 heavy (non-hydrogen) atoms. The zero-order chi connectivity index (χ0) is 19.5. The molecule has 5 aromatic rings. The maximum atomic E-state index is 11.5. The molecule has 0 N–H and O–H groups in total. The SMILES string of the molecule is Cc1nc2c(ccc3c4cc5ccccc5cc4ccc32)cc1OS(C)(=O)=O. The van der Waals surface area contributed by atoms with Gasteiger partial charge in [0.1, 0.15) is 0 Å². The summed E-state index contributed by atoms with van der Waals surface area (Å²) in [5, 5.41) is 7.77. The fourth-order valence-electron chi connectivity index (χ4n) is 3.79. The van der Waals surface area contributed by atoms with Gasteiger partial charge in [0.2, 0.25) is 0 Å². The minimum absolute atomic E-state index is 0.265. The van der Waals surface area contributed by atoms with Gasteiger partial charge >= 0.3 is 10.1 Å². The summed E-state index contributed by atoms with van der Waals surface area (Å²) in [7, 11) is -3.60. The van der Waals surface area contributed by atoms with Crippen LogP contribution in [0.4, 0.5) is 0 Å². The number of pyridine rings is 1. The Balaban J connectivity index is 1.83. The molecule has 0 aliphatic rings. The Morgan fingerprint density at radius 3 is 2.18 bits per heavy atom. The summed E-state index contributed by atoms with van der Waals surface area (Å²) < 4.78 is 28.1. The van der Waals surface area contributed by atoms with Crippen LogP contribution in [-0.2, 0) is 10.1 Å². The largest absolute Gasteiger partial charge is 0.381 e. The molecule has 0 fully saturated rings. The number of aryl methyl sites for hydroxylation is 1. The van der Waals surface area contributed by atoms with Crippen LogP contribution in [-0.4, -0.2) is 19.7 Å². The van der Waals surface area contributed by atoms with E-state index in [0.29, 0.717) is 5.69 Å². The van der Waals surface area contributed by atoms with Gasteiger partial charge in [-0.05, 0) is 52.1 Å². The van der Waals surface area contributed by atoms with E-state index in [0.717, 1.165) is 27.9 Å². The Morgan fingerprint density at radius 1 is 0.750 bits per heavy atom. The third-order valence-corrected chi connectivity index (χ3v) is 5.53. The van der Waals surface area contributed by atoms with Crippen molar-refractivity contribution in [2.45, 2.75) is 6.92 Å². The molecule has 0 bridgehead atoms. The van der Waals surface area contributed by atoms with E-state index in [1.54, 1.807) is 13.0 Å². The number of hydrogen-bond donors (Lipinski definition) is 0. The lowest BCUT2D eigenvalue weighted by atomic mass is 9.96. The van der Waals surface area contributed by atoms with E-state index in [1.165, 1.54) is 21.5 Å². The van der Waals surface area contributed by atoms with Crippen LogP contribution in [0.5, 0.6) is 5.75 Å². The van der Waals surface area contributed by atoms with Crippen molar-refractivity contribution in [3.63, 3.8) is 0 Å². The third-order valence-electron chi connectivity index (χ3n) is 5.05. The van der Waals surface area contributed by atoms with Gasteiger partial charge in [-0.25, -0.2) is 4.98 Å². The summed E-state index contributed by atoms with van der Waals surface area (Å²) in [5.41, 5.74) is 1.38. The zero-order valence-corrected chi connectivity index (χ0v) is 16.2. The van der Waals surface area contributed by atoms with Gasteiger partial charge in [0, 0.05) is 10.8 Å². The summed E-state index contributed by atoms with van der Waals surface area (Å²) in [4.78, 5) is 4.67. The van der Waals surface area contributed by atoms with Gasteiger partial charge in [0.25, 0.3) is 0 Å². The molecule has 138 valence electrons. The first-order chi connectivity index (χ1) is 13.4. The molecule has 0 spiro atoms. The van der Waals surface area contributed by atoms with Crippen molar-refractivity contribution in [3.8, 4) is 5.75 Å². The number of fused-ring (bicyclic) bond motifs is 6. The topological polar surface area (TPSA) is 56.3 Å². The summed E-state index contributed by atoms with van der Waals surface area (Å²) in [6, 6.07) is 22.7. The van der Waals surface area contributed by atoms with Crippen LogP contribution in [0.15, 0.2) is 66.7 Å². The molecule has 0 saturated carbocycles. The number of nitrogens with zero attached hydrogens (tertiary/aromatic N) is 1. The monoisotopic (exact) mass is 387 g/mol. The normalized spacial score (nSPS) is 12.2. The highest BCUT2D eigenvalue weighted by atomic mass is 32.2. The molecule has 5 heteroatoms. The van der Waals surface area contributed by atoms with Crippen LogP contribution < -0.4 is 4.18 Å². The van der Waals surface area contributed by atoms with Crippen molar-refractivity contribution in [2.75, 3.05) is 6.26 Å². The minimum atomic E-state index is -3.60. The van der Waals surface area contributed by atoms with Gasteiger partial charge < -0.3 is 4.18 Å². The average Bonchev–Trinajstić information content (AvgIpc) is 2.65. The van der Waals surface area contributed by atoms with Crippen molar-refractivity contribution >= 4 is 53.3 Å². The second kappa shape index (κ2) is 5.91. The Hall–Kier alpha value is -3.18. The molecule has 1 heterocycles. The second-order valence-electron chi connectivity index (χ2n) is 7.08. The van der Waals surface area contributed by atoms with E-state index in [-0.39, 0.29) is 5.75 Å². The third kappa shape index (κ3) is 2.75. The van der Waals surface area contributed by atoms with Gasteiger partial charge in [-0.2, -0.15) is 8.42 Å². The first-order valence-electron chi connectivity index (χ1n) is 8.94. The number of rotatable bonds is 2. The number of hydrogen-bond acceptors (Lipinski definition) is 4. The van der Waals surface area contributed by atoms with Crippen molar-refractivity contribution in [3.05, 3.63) is 72.4 Å². The fourth-order valence-corrected chi connectivity index (χ4v) is 4.28. The highest BCUT2D eigenvalue weighted by molar-refractivity contribution is 7.86. The molecule has 5 rings (SSSR count). The van der Waals surface area contributed by atoms with E-state index < -0.39 is 10.1 Å². The Kier molecular flexibility index (Phi) is 3.58. The molecule has 4 aromatic carbocycles. The second-order valence-corrected chi connectivity index (χ2v) is 8.65. The Bertz CT molecular complexity index is 1520. The van der Waals surface area contributed by atoms with Crippen molar-refractivity contribution < 1.29 is 12.6 Å². The number of aromatic nitrogens is 1. The van der Waals surface area contributed by atoms with Crippen LogP contribution in [0.2, 0.25) is 0 Å². The maximum Gasteiger partial charge on any atom is 0.306 e. The van der Waals surface area contributed by atoms with E-state index in [1.807, 2.05) is 18.2 Å². The quantitative estimate of drug-likeness (QED) is 0.233. The molecular weight excluding hydrogens is 370 g/mol. The predicted octanol–water partition coefficient (Wildman–Crippen LogP) is 5.34. The van der Waals surface area contributed by atoms with Crippen molar-refractivity contribution in [2.24, 2.45) is 0 Å². The lowest BCUT2D eigenvalue weighted by Crippen LogP contribution is -2.07. The van der Waals surface area contributed by atoms with Crippen LogP contribution in [0.1, 0.15) is 5.69 Å². The molecule has 0 unspecified atom stereocenters. The Labute approximate surface area is 162 Å². The molecule has 0 radical (unpaired) electrons. The standard InChI is InChI=1S/C23H17NO3S/c1-14-22(27-28(2,25)26)13-18-8-9-19-20(23(18)24-14)10-7-17-11-15-5-3-4-6-16(15)12-21(17)19/h3-13H,1-2H3. The van der Waals surface area contributed by atoms with E-state index in [2.05, 4.69) is 47.4 Å². The molecule has 0 aliphatic carbocycles. The zero-order valence-electron chi connectivity index (χ0n) is 15.4. The molecule has 4 nitrogen and oxygen atoms in total. The summed E-state index contributed by atoms with van der Waals surface area (Å²) >= 11 is 0. The van der Waals surface area contributed by atoms with E-state index >= 15 is 0 Å². The first-order valence-corrected chi connectivity index (χ1v) is 10.8. The van der Waals surface area contributed by atoms with Crippen molar-refractivity contribution in [1.82, 2.24) is 4.98 Å². The van der Waals surface area contributed by atoms with Crippen LogP contribution in [0.25, 0.3) is 43.2 Å². The molecular formula is C23H17NO3S. The molecule has 0 atom stereocenters. The summed E-state index contributed by atoms with van der Waals surface area (Å²) in [6.07, 6.45) is 1.04. The molecule has 0 amide bonds. The van der Waals surface area contributed by atoms with Crippen LogP contribution in [0, 0.1) is 6.92 Å². The highest BCUT2D eigenvalue weighted by Gasteiger charge is 2.13. The van der Waals surface area contributed by atoms with Gasteiger partial charge in [0.15, 0.2) is 5.75 Å². The molecule has 1 aromatic heterocycles. The van der Waals surface area contributed by atoms with Gasteiger partial charge in [-0.1, -0.05) is 48.5 Å². The molecule has 0 saturated heterocycles. The van der Waals surface area contributed by atoms with Gasteiger partial charge in [0.05, 0.1) is 17.5 Å². The summed E-state index contributed by atoms with van der Waals surface area (Å²) in [5.74, 6) is 0.265. The lowest BCUT2D eigenvalue weighted by molar-refractivity contribution is 0.490. The van der Waals surface area contributed by atoms with Crippen molar-refractivity contribution in [1.29, 1.82) is 0 Å². The van der Waals surface area contributed by atoms with Crippen LogP contribution >= 0.6 is 0 Å². The fraction of sp³-hybridized carbons (Fsp3) is 0.0870. The van der Waals surface area contributed by atoms with E-state index in [9.17, 15) is 8.42 Å². The molecule has 0 aliphatic heterocycles. The first kappa shape index (κ1) is 17.0. The predicted molar refractivity (Wildman–Crippen MR) is 114 cm³/mol. The highest BCUT2D eigenvalue weighted by Crippen LogP contribution is 2.34. The van der Waals surface area contributed by atoms with Crippen LogP contribution in [0.3, 0.4) is 0 Å². The number of benzene rings is 4. The smallest absolute Gasteiger partial charge is 0.306 e. The average molecular weight is 387 g/mol. The van der Waals surface area contributed by atoms with Gasteiger partial charge in [-0.15, -0.1) is 0 Å². The maximum absolute atomic E-state index is 11.5. The van der Waals surface area contributed by atoms with Gasteiger partial charge in [-0.3, -0.25) is 0 Å². The lowest BCUT2D eigenvalue weighted by Gasteiger charge is -2.11. The van der Waals surface area contributed by atoms with E-state index in [4.69, 9.17) is 4.18 Å². The minimum Gasteiger partial charge on any atom is -0.381 e. The Morgan fingerprint density at radius 2 is 1.43 bits per heavy atom.